The molecule has 0 unspecified atom stereocenters. The van der Waals surface area contributed by atoms with Crippen molar-refractivity contribution >= 4 is 11.6 Å². The molecule has 2 aromatic rings. The zero-order valence-corrected chi connectivity index (χ0v) is 28.1. The van der Waals surface area contributed by atoms with Crippen LogP contribution in [0.25, 0.3) is 11.1 Å². The number of phenols is 2. The Morgan fingerprint density at radius 1 is 0.667 bits per heavy atom. The molecule has 0 radical (unpaired) electrons. The first-order valence-electron chi connectivity index (χ1n) is 16.4. The van der Waals surface area contributed by atoms with Crippen molar-refractivity contribution in [2.75, 3.05) is 55.6 Å². The predicted octanol–water partition coefficient (Wildman–Crippen LogP) is 3.86. The lowest BCUT2D eigenvalue weighted by atomic mass is 9.56. The smallest absolute Gasteiger partial charge is 0.220 e. The zero-order chi connectivity index (χ0) is 33.9. The van der Waals surface area contributed by atoms with Crippen LogP contribution in [0.3, 0.4) is 0 Å². The maximum Gasteiger partial charge on any atom is 0.220 e. The van der Waals surface area contributed by atoms with Gasteiger partial charge < -0.3 is 29.2 Å². The van der Waals surface area contributed by atoms with Gasteiger partial charge in [-0.05, 0) is 123 Å². The molecule has 2 aliphatic heterocycles. The largest absolute Gasteiger partial charge is 0.504 e. The molecule has 0 aromatic heterocycles. The van der Waals surface area contributed by atoms with Gasteiger partial charge in [-0.1, -0.05) is 0 Å². The quantitative estimate of drug-likeness (QED) is 0.493. The second-order valence-electron chi connectivity index (χ2n) is 13.9. The first-order valence-corrected chi connectivity index (χ1v) is 16.4. The number of ketones is 2. The van der Waals surface area contributed by atoms with Gasteiger partial charge in [0, 0.05) is 34.0 Å². The lowest BCUT2D eigenvalue weighted by Gasteiger charge is -2.53. The van der Waals surface area contributed by atoms with E-state index in [4.69, 9.17) is 18.9 Å². The van der Waals surface area contributed by atoms with Crippen molar-refractivity contribution < 1.29 is 38.7 Å². The number of phenolic OH excluding ortho intramolecular Hbond substituents is 2. The zero-order valence-electron chi connectivity index (χ0n) is 28.1. The van der Waals surface area contributed by atoms with E-state index in [0.29, 0.717) is 48.3 Å². The summed E-state index contributed by atoms with van der Waals surface area (Å²) < 4.78 is 22.9. The van der Waals surface area contributed by atoms with E-state index >= 15 is 0 Å². The summed E-state index contributed by atoms with van der Waals surface area (Å²) in [5.74, 6) is 0.871. The van der Waals surface area contributed by atoms with Crippen molar-refractivity contribution in [1.29, 1.82) is 0 Å². The first kappa shape index (κ1) is 30.8. The molecule has 0 spiro atoms. The molecule has 2 fully saturated rings. The highest BCUT2D eigenvalue weighted by Crippen LogP contribution is 2.61. The Morgan fingerprint density at radius 2 is 1.06 bits per heavy atom. The number of hydrogen-bond acceptors (Lipinski definition) is 10. The summed E-state index contributed by atoms with van der Waals surface area (Å²) in [5, 5.41) is 23.9. The number of hydrogen-bond donors (Lipinski definition) is 2. The second kappa shape index (κ2) is 10.5. The molecule has 4 aliphatic carbocycles. The fraction of sp³-hybridized carbons (Fsp3) is 0.421. The van der Waals surface area contributed by atoms with Crippen LogP contribution in [0.1, 0.15) is 35.1 Å². The van der Waals surface area contributed by atoms with Gasteiger partial charge in [-0.3, -0.25) is 19.4 Å². The molecule has 2 saturated heterocycles. The third-order valence-corrected chi connectivity index (χ3v) is 11.9. The number of nitrogens with zero attached hydrogens (tertiary/aromatic N) is 2. The van der Waals surface area contributed by atoms with E-state index in [0.717, 1.165) is 46.5 Å². The summed E-state index contributed by atoms with van der Waals surface area (Å²) in [4.78, 5) is 30.8. The number of piperidine rings is 2. The number of fused-ring (bicyclic) bond motifs is 2. The molecule has 4 bridgehead atoms. The number of rotatable bonds is 5. The van der Waals surface area contributed by atoms with Crippen LogP contribution in [0.2, 0.25) is 0 Å². The number of methoxy groups -OCH3 is 4. The van der Waals surface area contributed by atoms with Gasteiger partial charge in [0.05, 0.1) is 28.4 Å². The van der Waals surface area contributed by atoms with Crippen molar-refractivity contribution in [1.82, 2.24) is 9.80 Å². The molecular weight excluding hydrogens is 612 g/mol. The minimum Gasteiger partial charge on any atom is -0.504 e. The lowest BCUT2D eigenvalue weighted by molar-refractivity contribution is -0.115. The molecular formula is C38H40N2O8. The third kappa shape index (κ3) is 3.81. The van der Waals surface area contributed by atoms with E-state index in [2.05, 4.69) is 23.9 Å². The summed E-state index contributed by atoms with van der Waals surface area (Å²) in [6.07, 6.45) is 9.55. The van der Waals surface area contributed by atoms with Crippen molar-refractivity contribution in [3.8, 4) is 34.1 Å². The fourth-order valence-electron chi connectivity index (χ4n) is 9.62. The van der Waals surface area contributed by atoms with E-state index in [1.807, 2.05) is 24.3 Å². The number of ether oxygens (including phenoxy) is 4. The number of likely N-dealkylation sites (N-methyl/N-ethyl adjacent to an activating group) is 2. The Hall–Kier alpha value is -4.54. The van der Waals surface area contributed by atoms with Crippen LogP contribution < -0.4 is 9.47 Å². The van der Waals surface area contributed by atoms with Crippen LogP contribution in [0.4, 0.5) is 0 Å². The molecule has 10 heteroatoms. The summed E-state index contributed by atoms with van der Waals surface area (Å²) in [7, 11) is 10.2. The topological polar surface area (TPSA) is 118 Å². The predicted molar refractivity (Wildman–Crippen MR) is 178 cm³/mol. The van der Waals surface area contributed by atoms with Gasteiger partial charge in [-0.2, -0.15) is 0 Å². The summed E-state index contributed by atoms with van der Waals surface area (Å²) in [6.45, 7) is 1.52. The van der Waals surface area contributed by atoms with Crippen molar-refractivity contribution in [3.63, 3.8) is 0 Å². The Labute approximate surface area is 279 Å². The molecule has 48 heavy (non-hydrogen) atoms. The fourth-order valence-corrected chi connectivity index (χ4v) is 9.62. The van der Waals surface area contributed by atoms with Gasteiger partial charge in [0.1, 0.15) is 0 Å². The van der Waals surface area contributed by atoms with Crippen molar-refractivity contribution in [2.24, 2.45) is 0 Å². The van der Waals surface area contributed by atoms with Crippen LogP contribution in [0.5, 0.6) is 23.0 Å². The Balaban J connectivity index is 1.47. The van der Waals surface area contributed by atoms with Crippen molar-refractivity contribution in [3.05, 3.63) is 81.4 Å². The average molecular weight is 653 g/mol. The molecule has 10 nitrogen and oxygen atoms in total. The van der Waals surface area contributed by atoms with Crippen molar-refractivity contribution in [2.45, 2.75) is 48.6 Å². The summed E-state index contributed by atoms with van der Waals surface area (Å²) >= 11 is 0. The first-order chi connectivity index (χ1) is 23.0. The molecule has 0 saturated carbocycles. The second-order valence-corrected chi connectivity index (χ2v) is 13.9. The number of likely N-dealkylation sites (tertiary alicyclic amines) is 2. The van der Waals surface area contributed by atoms with Gasteiger partial charge in [0.25, 0.3) is 0 Å². The van der Waals surface area contributed by atoms with E-state index in [1.165, 1.54) is 14.2 Å². The number of benzene rings is 2. The molecule has 2 N–H and O–H groups in total. The standard InChI is InChI=1S/C38H40N2O8/c1-39-9-7-37-17-31(47-5)27(41)15-23(37)25(39)11-21-19(13-29(45-3)35(43)33(21)37)20-14-30(46-4)36(44)34-22(20)12-26-24-16-28(42)32(48-6)18-38(24,34)8-10-40(26)2/h13-18,25-26,43-44H,7-12H2,1-6H3/t25-,26+,37+,38-. The van der Waals surface area contributed by atoms with Crippen LogP contribution in [0, 0.1) is 0 Å². The molecule has 2 aromatic carbocycles. The highest BCUT2D eigenvalue weighted by atomic mass is 16.5. The summed E-state index contributed by atoms with van der Waals surface area (Å²) in [5.41, 5.74) is 5.40. The molecule has 6 aliphatic rings. The minimum absolute atomic E-state index is 0.0460. The highest BCUT2D eigenvalue weighted by Gasteiger charge is 2.55. The SMILES string of the molecule is COC1=C[C@@]23CCN(C)[C@@H](Cc4c(-c5cc(OC)c(O)c6c5C[C@@H]5C7=CC(=O)C(OC)=C[C@@]76CCN5C)cc(OC)c(O)c42)C3=CC1=O. The normalized spacial score (nSPS) is 28.9. The van der Waals surface area contributed by atoms with Gasteiger partial charge in [0.15, 0.2) is 34.5 Å². The van der Waals surface area contributed by atoms with E-state index in [9.17, 15) is 19.8 Å². The molecule has 8 rings (SSSR count). The highest BCUT2D eigenvalue weighted by molar-refractivity contribution is 6.06. The van der Waals surface area contributed by atoms with E-state index < -0.39 is 10.8 Å². The van der Waals surface area contributed by atoms with Crippen LogP contribution in [0.15, 0.2) is 59.1 Å². The third-order valence-electron chi connectivity index (χ3n) is 11.9. The lowest BCUT2D eigenvalue weighted by Crippen LogP contribution is -2.55. The molecule has 250 valence electrons. The van der Waals surface area contributed by atoms with Gasteiger partial charge in [-0.25, -0.2) is 0 Å². The average Bonchev–Trinajstić information content (AvgIpc) is 3.07. The van der Waals surface area contributed by atoms with E-state index in [-0.39, 0.29) is 46.7 Å². The maximum absolute atomic E-state index is 13.1. The number of allylic oxidation sites excluding steroid dienone is 4. The molecule has 2 heterocycles. The van der Waals surface area contributed by atoms with Gasteiger partial charge >= 0.3 is 0 Å². The number of carbonyl (C=O) groups excluding carboxylic acids is 2. The number of carbonyl (C=O) groups is 2. The molecule has 4 atom stereocenters. The minimum atomic E-state index is -0.774. The van der Waals surface area contributed by atoms with Crippen LogP contribution in [-0.2, 0) is 42.7 Å². The van der Waals surface area contributed by atoms with Gasteiger partial charge in [0.2, 0.25) is 11.6 Å². The van der Waals surface area contributed by atoms with E-state index in [1.54, 1.807) is 26.4 Å². The number of aromatic hydroxyl groups is 2. The Kier molecular flexibility index (Phi) is 6.72. The summed E-state index contributed by atoms with van der Waals surface area (Å²) in [6, 6.07) is 3.61. The van der Waals surface area contributed by atoms with Crippen LogP contribution >= 0.6 is 0 Å². The Morgan fingerprint density at radius 3 is 1.42 bits per heavy atom. The van der Waals surface area contributed by atoms with Crippen LogP contribution in [-0.4, -0.2) is 99.3 Å². The Bertz CT molecular complexity index is 1820. The maximum atomic E-state index is 13.1. The monoisotopic (exact) mass is 652 g/mol. The molecule has 0 amide bonds. The van der Waals surface area contributed by atoms with Gasteiger partial charge in [-0.15, -0.1) is 0 Å².